The number of ketones is 1. The number of rotatable bonds is 5. The van der Waals surface area contributed by atoms with E-state index in [1.165, 1.54) is 4.90 Å². The molecule has 21 heavy (non-hydrogen) atoms. The second kappa shape index (κ2) is 6.84. The molecule has 0 aromatic heterocycles. The van der Waals surface area contributed by atoms with Crippen molar-refractivity contribution in [3.63, 3.8) is 0 Å². The topological polar surface area (TPSA) is 37.4 Å². The average molecular weight is 281 g/mol. The molecule has 3 nitrogen and oxygen atoms in total. The van der Waals surface area contributed by atoms with Crippen LogP contribution >= 0.6 is 0 Å². The third kappa shape index (κ3) is 3.78. The lowest BCUT2D eigenvalue weighted by molar-refractivity contribution is -0.130. The first-order valence-corrected chi connectivity index (χ1v) is 6.97. The maximum absolute atomic E-state index is 12.4. The minimum absolute atomic E-state index is 0.0493. The van der Waals surface area contributed by atoms with E-state index < -0.39 is 0 Å². The molecule has 0 bridgehead atoms. The van der Waals surface area contributed by atoms with Crippen LogP contribution in [0.3, 0.4) is 0 Å². The minimum Gasteiger partial charge on any atom is -0.338 e. The number of carbonyl (C=O) groups excluding carboxylic acids is 2. The van der Waals surface area contributed by atoms with Gasteiger partial charge < -0.3 is 4.90 Å². The van der Waals surface area contributed by atoms with E-state index in [0.29, 0.717) is 5.56 Å². The van der Waals surface area contributed by atoms with Gasteiger partial charge in [-0.2, -0.15) is 0 Å². The van der Waals surface area contributed by atoms with Crippen LogP contribution in [0.15, 0.2) is 60.7 Å². The van der Waals surface area contributed by atoms with E-state index in [9.17, 15) is 9.59 Å². The van der Waals surface area contributed by atoms with Crippen LogP contribution in [0.4, 0.5) is 0 Å². The predicted molar refractivity (Wildman–Crippen MR) is 83.3 cm³/mol. The molecular weight excluding hydrogens is 262 g/mol. The molecule has 2 rings (SSSR count). The molecule has 0 heterocycles. The molecular formula is C18H19NO2. The van der Waals surface area contributed by atoms with Gasteiger partial charge in [-0.1, -0.05) is 60.7 Å². The summed E-state index contributed by atoms with van der Waals surface area (Å²) >= 11 is 0. The van der Waals surface area contributed by atoms with Crippen molar-refractivity contribution < 1.29 is 9.59 Å². The number of Topliss-reactive ketones (excluding diaryl/α,β-unsaturated/α-hetero) is 1. The van der Waals surface area contributed by atoms with Crippen LogP contribution in [0.1, 0.15) is 28.8 Å². The van der Waals surface area contributed by atoms with Crippen molar-refractivity contribution in [3.8, 4) is 0 Å². The van der Waals surface area contributed by atoms with Crippen molar-refractivity contribution in [3.05, 3.63) is 71.8 Å². The summed E-state index contributed by atoms with van der Waals surface area (Å²) < 4.78 is 0. The van der Waals surface area contributed by atoms with Gasteiger partial charge in [-0.05, 0) is 12.5 Å². The van der Waals surface area contributed by atoms with Gasteiger partial charge in [-0.3, -0.25) is 9.59 Å². The van der Waals surface area contributed by atoms with Gasteiger partial charge in [0.05, 0.1) is 12.5 Å². The third-order valence-electron chi connectivity index (χ3n) is 3.52. The zero-order valence-corrected chi connectivity index (χ0v) is 12.3. The van der Waals surface area contributed by atoms with Gasteiger partial charge in [0.25, 0.3) is 0 Å². The van der Waals surface area contributed by atoms with Gasteiger partial charge in [0.1, 0.15) is 0 Å². The van der Waals surface area contributed by atoms with Crippen LogP contribution < -0.4 is 0 Å². The zero-order chi connectivity index (χ0) is 15.2. The lowest BCUT2D eigenvalue weighted by Crippen LogP contribution is -2.35. The van der Waals surface area contributed by atoms with Crippen molar-refractivity contribution in [1.82, 2.24) is 4.90 Å². The Kier molecular flexibility index (Phi) is 4.88. The Morgan fingerprint density at radius 3 is 2.05 bits per heavy atom. The van der Waals surface area contributed by atoms with Crippen LogP contribution in [0.25, 0.3) is 0 Å². The fourth-order valence-electron chi connectivity index (χ4n) is 2.22. The Hall–Kier alpha value is -2.42. The molecule has 0 aliphatic heterocycles. The summed E-state index contributed by atoms with van der Waals surface area (Å²) in [6, 6.07) is 18.6. The largest absolute Gasteiger partial charge is 0.338 e. The van der Waals surface area contributed by atoms with E-state index >= 15 is 0 Å². The van der Waals surface area contributed by atoms with E-state index in [4.69, 9.17) is 0 Å². The normalized spacial score (nSPS) is 11.7. The summed E-state index contributed by atoms with van der Waals surface area (Å²) in [5.74, 6) is -0.350. The summed E-state index contributed by atoms with van der Waals surface area (Å²) in [5, 5.41) is 0. The molecule has 0 radical (unpaired) electrons. The highest BCUT2D eigenvalue weighted by atomic mass is 16.2. The number of hydrogen-bond donors (Lipinski definition) is 0. The van der Waals surface area contributed by atoms with Crippen LogP contribution in [0.2, 0.25) is 0 Å². The highest BCUT2D eigenvalue weighted by Crippen LogP contribution is 2.17. The van der Waals surface area contributed by atoms with Crippen LogP contribution in [-0.4, -0.2) is 30.2 Å². The summed E-state index contributed by atoms with van der Waals surface area (Å²) in [5.41, 5.74) is 1.59. The standard InChI is InChI=1S/C18H19NO2/c1-14(15-9-5-3-6-10-15)18(21)19(2)13-17(20)16-11-7-4-8-12-16/h3-12,14H,13H2,1-2H3. The Bertz CT molecular complexity index is 608. The summed E-state index contributed by atoms with van der Waals surface area (Å²) in [6.45, 7) is 1.96. The number of amides is 1. The molecule has 108 valence electrons. The Labute approximate surface area is 125 Å². The molecule has 0 N–H and O–H groups in total. The van der Waals surface area contributed by atoms with Gasteiger partial charge >= 0.3 is 0 Å². The number of likely N-dealkylation sites (N-methyl/N-ethyl adjacent to an activating group) is 1. The number of carbonyl (C=O) groups is 2. The van der Waals surface area contributed by atoms with Gasteiger partial charge in [0.15, 0.2) is 5.78 Å². The van der Waals surface area contributed by atoms with Crippen molar-refractivity contribution in [1.29, 1.82) is 0 Å². The fraction of sp³-hybridized carbons (Fsp3) is 0.222. The zero-order valence-electron chi connectivity index (χ0n) is 12.3. The Balaban J connectivity index is 2.01. The molecule has 2 aromatic carbocycles. The monoisotopic (exact) mass is 281 g/mol. The van der Waals surface area contributed by atoms with Crippen LogP contribution in [-0.2, 0) is 4.79 Å². The highest BCUT2D eigenvalue weighted by Gasteiger charge is 2.21. The summed E-state index contributed by atoms with van der Waals surface area (Å²) in [7, 11) is 1.67. The van der Waals surface area contributed by atoms with E-state index in [1.807, 2.05) is 55.5 Å². The number of benzene rings is 2. The second-order valence-corrected chi connectivity index (χ2v) is 5.12. The maximum Gasteiger partial charge on any atom is 0.229 e. The van der Waals surface area contributed by atoms with Crippen LogP contribution in [0, 0.1) is 0 Å². The van der Waals surface area contributed by atoms with E-state index in [-0.39, 0.29) is 24.2 Å². The maximum atomic E-state index is 12.4. The van der Waals surface area contributed by atoms with Gasteiger partial charge in [-0.25, -0.2) is 0 Å². The summed E-state index contributed by atoms with van der Waals surface area (Å²) in [6.07, 6.45) is 0. The third-order valence-corrected chi connectivity index (χ3v) is 3.52. The van der Waals surface area contributed by atoms with Gasteiger partial charge in [-0.15, -0.1) is 0 Å². The van der Waals surface area contributed by atoms with E-state index in [0.717, 1.165) is 5.56 Å². The quantitative estimate of drug-likeness (QED) is 0.790. The predicted octanol–water partition coefficient (Wildman–Crippen LogP) is 3.13. The Morgan fingerprint density at radius 2 is 1.48 bits per heavy atom. The molecule has 0 fully saturated rings. The molecule has 0 aliphatic carbocycles. The SMILES string of the molecule is CC(C(=O)N(C)CC(=O)c1ccccc1)c1ccccc1. The minimum atomic E-state index is -0.250. The van der Waals surface area contributed by atoms with Crippen molar-refractivity contribution in [2.24, 2.45) is 0 Å². The summed E-state index contributed by atoms with van der Waals surface area (Å²) in [4.78, 5) is 26.0. The highest BCUT2D eigenvalue weighted by molar-refractivity contribution is 5.99. The van der Waals surface area contributed by atoms with Crippen LogP contribution in [0.5, 0.6) is 0 Å². The first kappa shape index (κ1) is 15.0. The average Bonchev–Trinajstić information content (AvgIpc) is 2.55. The molecule has 0 saturated carbocycles. The number of hydrogen-bond acceptors (Lipinski definition) is 2. The van der Waals surface area contributed by atoms with Crippen molar-refractivity contribution in [2.45, 2.75) is 12.8 Å². The lowest BCUT2D eigenvalue weighted by atomic mass is 10.00. The molecule has 1 unspecified atom stereocenters. The molecule has 2 aromatic rings. The fourth-order valence-corrected chi connectivity index (χ4v) is 2.22. The first-order chi connectivity index (χ1) is 10.1. The molecule has 3 heteroatoms. The number of nitrogens with zero attached hydrogens (tertiary/aromatic N) is 1. The molecule has 1 atom stereocenters. The van der Waals surface area contributed by atoms with Crippen molar-refractivity contribution in [2.75, 3.05) is 13.6 Å². The molecule has 0 spiro atoms. The second-order valence-electron chi connectivity index (χ2n) is 5.12. The molecule has 0 aliphatic rings. The first-order valence-electron chi connectivity index (χ1n) is 6.97. The van der Waals surface area contributed by atoms with Gasteiger partial charge in [0, 0.05) is 12.6 Å². The smallest absolute Gasteiger partial charge is 0.229 e. The van der Waals surface area contributed by atoms with Gasteiger partial charge in [0.2, 0.25) is 5.91 Å². The van der Waals surface area contributed by atoms with E-state index in [1.54, 1.807) is 19.2 Å². The lowest BCUT2D eigenvalue weighted by Gasteiger charge is -2.21. The Morgan fingerprint density at radius 1 is 0.952 bits per heavy atom. The van der Waals surface area contributed by atoms with E-state index in [2.05, 4.69) is 0 Å². The molecule has 0 saturated heterocycles. The molecule has 1 amide bonds. The van der Waals surface area contributed by atoms with Crippen molar-refractivity contribution >= 4 is 11.7 Å².